The van der Waals surface area contributed by atoms with Crippen molar-refractivity contribution in [2.24, 2.45) is 5.92 Å². The average molecular weight is 423 g/mol. The number of alkyl halides is 3. The number of hydrogen-bond donors (Lipinski definition) is 1. The molecule has 0 spiro atoms. The summed E-state index contributed by atoms with van der Waals surface area (Å²) in [5.74, 6) is 0.0443. The second-order valence-corrected chi connectivity index (χ2v) is 8.19. The van der Waals surface area contributed by atoms with E-state index in [-0.39, 0.29) is 17.6 Å². The molecule has 2 aromatic carbocycles. The van der Waals surface area contributed by atoms with E-state index >= 15 is 0 Å². The van der Waals surface area contributed by atoms with Gasteiger partial charge < -0.3 is 5.32 Å². The molecule has 2 bridgehead atoms. The van der Waals surface area contributed by atoms with Crippen molar-refractivity contribution in [2.75, 3.05) is 13.1 Å². The van der Waals surface area contributed by atoms with Crippen LogP contribution in [0.3, 0.4) is 0 Å². The third-order valence-electron chi connectivity index (χ3n) is 6.07. The van der Waals surface area contributed by atoms with Crippen LogP contribution in [-0.4, -0.2) is 29.9 Å². The summed E-state index contributed by atoms with van der Waals surface area (Å²) in [5.41, 5.74) is -0.205. The van der Waals surface area contributed by atoms with Gasteiger partial charge in [-0.25, -0.2) is 0 Å². The minimum Gasteiger partial charge on any atom is -0.344 e. The molecule has 0 radical (unpaired) electrons. The van der Waals surface area contributed by atoms with E-state index < -0.39 is 22.7 Å². The van der Waals surface area contributed by atoms with Gasteiger partial charge in [0.05, 0.1) is 22.2 Å². The molecule has 3 aliphatic rings. The van der Waals surface area contributed by atoms with Gasteiger partial charge in [0.2, 0.25) is 0 Å². The molecule has 0 aliphatic carbocycles. The normalized spacial score (nSPS) is 24.9. The fraction of sp³-hybridized carbons (Fsp3) is 0.409. The van der Waals surface area contributed by atoms with Gasteiger partial charge in [0.1, 0.15) is 0 Å². The van der Waals surface area contributed by atoms with Gasteiger partial charge in [0.15, 0.2) is 0 Å². The number of carbonyl (C=O) groups excluding carboxylic acids is 1. The van der Waals surface area contributed by atoms with Crippen LogP contribution in [0.25, 0.3) is 0 Å². The lowest BCUT2D eigenvalue weighted by Gasteiger charge is -2.48. The summed E-state index contributed by atoms with van der Waals surface area (Å²) < 4.78 is 39.6. The maximum Gasteiger partial charge on any atom is 0.417 e. The highest BCUT2D eigenvalue weighted by Gasteiger charge is 2.40. The first-order chi connectivity index (χ1) is 13.8. The number of hydrogen-bond acceptors (Lipinski definition) is 2. The minimum atomic E-state index is -4.61. The zero-order valence-electron chi connectivity index (χ0n) is 15.8. The predicted octanol–water partition coefficient (Wildman–Crippen LogP) is 5.31. The Labute approximate surface area is 172 Å². The summed E-state index contributed by atoms with van der Waals surface area (Å²) in [6.07, 6.45) is -1.33. The molecule has 3 aliphatic heterocycles. The van der Waals surface area contributed by atoms with Crippen molar-refractivity contribution < 1.29 is 18.0 Å². The van der Waals surface area contributed by atoms with E-state index in [1.165, 1.54) is 12.1 Å². The lowest BCUT2D eigenvalue weighted by Crippen LogP contribution is -2.54. The molecule has 2 atom stereocenters. The SMILES string of the molecule is O=C(N[C@@H](c1ccccc1)C1CC2CCN1CC2)c1cccc(C(F)(F)F)c1Cl. The molecule has 1 N–H and O–H groups in total. The van der Waals surface area contributed by atoms with E-state index in [1.54, 1.807) is 0 Å². The van der Waals surface area contributed by atoms with Crippen molar-refractivity contribution >= 4 is 17.5 Å². The number of rotatable bonds is 4. The van der Waals surface area contributed by atoms with Crippen LogP contribution in [0.4, 0.5) is 13.2 Å². The molecule has 5 rings (SSSR count). The van der Waals surface area contributed by atoms with E-state index in [0.29, 0.717) is 5.92 Å². The Balaban J connectivity index is 1.64. The first kappa shape index (κ1) is 20.2. The molecular weight excluding hydrogens is 401 g/mol. The molecular formula is C22H22ClF3N2O. The Morgan fingerprint density at radius 3 is 2.34 bits per heavy atom. The third kappa shape index (κ3) is 4.14. The van der Waals surface area contributed by atoms with Crippen molar-refractivity contribution in [1.82, 2.24) is 10.2 Å². The van der Waals surface area contributed by atoms with E-state index in [1.807, 2.05) is 30.3 Å². The van der Waals surface area contributed by atoms with E-state index in [4.69, 9.17) is 11.6 Å². The molecule has 0 aromatic heterocycles. The van der Waals surface area contributed by atoms with E-state index in [9.17, 15) is 18.0 Å². The Kier molecular flexibility index (Phi) is 5.58. The van der Waals surface area contributed by atoms with Crippen LogP contribution in [-0.2, 0) is 6.18 Å². The maximum absolute atomic E-state index is 13.2. The van der Waals surface area contributed by atoms with Gasteiger partial charge in [0.25, 0.3) is 5.91 Å². The second kappa shape index (κ2) is 8.00. The summed E-state index contributed by atoms with van der Waals surface area (Å²) in [4.78, 5) is 15.4. The fourth-order valence-corrected chi connectivity index (χ4v) is 4.88. The molecule has 3 fully saturated rings. The number of carbonyl (C=O) groups is 1. The van der Waals surface area contributed by atoms with Crippen molar-refractivity contribution in [1.29, 1.82) is 0 Å². The van der Waals surface area contributed by atoms with Gasteiger partial charge >= 0.3 is 6.18 Å². The summed E-state index contributed by atoms with van der Waals surface area (Å²) in [6.45, 7) is 1.97. The van der Waals surface area contributed by atoms with Gasteiger partial charge in [-0.15, -0.1) is 0 Å². The number of amides is 1. The Hall–Kier alpha value is -2.05. The lowest BCUT2D eigenvalue weighted by atomic mass is 9.79. The Morgan fingerprint density at radius 1 is 1.07 bits per heavy atom. The second-order valence-electron chi connectivity index (χ2n) is 7.81. The van der Waals surface area contributed by atoms with Crippen molar-refractivity contribution in [2.45, 2.75) is 37.5 Å². The molecule has 7 heteroatoms. The zero-order valence-corrected chi connectivity index (χ0v) is 16.5. The maximum atomic E-state index is 13.2. The van der Waals surface area contributed by atoms with E-state index in [0.717, 1.165) is 44.0 Å². The van der Waals surface area contributed by atoms with Crippen LogP contribution in [0.15, 0.2) is 48.5 Å². The summed E-state index contributed by atoms with van der Waals surface area (Å²) >= 11 is 5.98. The number of benzene rings is 2. The topological polar surface area (TPSA) is 32.3 Å². The van der Waals surface area contributed by atoms with Crippen molar-refractivity contribution in [3.63, 3.8) is 0 Å². The standard InChI is InChI=1S/C22H22ClF3N2O/c23-19-16(7-4-8-17(19)22(24,25)26)21(29)27-20(15-5-2-1-3-6-15)18-13-14-9-11-28(18)12-10-14/h1-8,14,18,20H,9-13H2,(H,27,29)/t18?,20-/m0/s1. The summed E-state index contributed by atoms with van der Waals surface area (Å²) in [7, 11) is 0. The van der Waals surface area contributed by atoms with Crippen molar-refractivity contribution in [3.05, 3.63) is 70.2 Å². The first-order valence-electron chi connectivity index (χ1n) is 9.80. The molecule has 29 heavy (non-hydrogen) atoms. The van der Waals surface area contributed by atoms with Crippen LogP contribution in [0, 0.1) is 5.92 Å². The Morgan fingerprint density at radius 2 is 1.76 bits per heavy atom. The minimum absolute atomic E-state index is 0.124. The van der Waals surface area contributed by atoms with Gasteiger partial charge in [0, 0.05) is 6.04 Å². The predicted molar refractivity (Wildman–Crippen MR) is 106 cm³/mol. The highest BCUT2D eigenvalue weighted by atomic mass is 35.5. The number of nitrogens with one attached hydrogen (secondary N) is 1. The summed E-state index contributed by atoms with van der Waals surface area (Å²) in [6, 6.07) is 12.9. The highest BCUT2D eigenvalue weighted by Crippen LogP contribution is 2.39. The molecule has 2 aromatic rings. The molecule has 3 heterocycles. The number of nitrogens with zero attached hydrogens (tertiary/aromatic N) is 1. The molecule has 3 nitrogen and oxygen atoms in total. The number of halogens is 4. The molecule has 1 amide bonds. The van der Waals surface area contributed by atoms with Crippen LogP contribution in [0.2, 0.25) is 5.02 Å². The van der Waals surface area contributed by atoms with Crippen LogP contribution >= 0.6 is 11.6 Å². The van der Waals surface area contributed by atoms with Gasteiger partial charge in [-0.05, 0) is 56.0 Å². The molecule has 3 saturated heterocycles. The zero-order chi connectivity index (χ0) is 20.6. The van der Waals surface area contributed by atoms with Gasteiger partial charge in [-0.3, -0.25) is 9.69 Å². The third-order valence-corrected chi connectivity index (χ3v) is 6.48. The lowest BCUT2D eigenvalue weighted by molar-refractivity contribution is -0.137. The highest BCUT2D eigenvalue weighted by molar-refractivity contribution is 6.34. The number of piperidine rings is 3. The molecule has 1 unspecified atom stereocenters. The quantitative estimate of drug-likeness (QED) is 0.723. The number of fused-ring (bicyclic) bond motifs is 3. The molecule has 0 saturated carbocycles. The van der Waals surface area contributed by atoms with Gasteiger partial charge in [-0.2, -0.15) is 13.2 Å². The van der Waals surface area contributed by atoms with Crippen LogP contribution in [0.5, 0.6) is 0 Å². The van der Waals surface area contributed by atoms with Gasteiger partial charge in [-0.1, -0.05) is 48.0 Å². The largest absolute Gasteiger partial charge is 0.417 e. The van der Waals surface area contributed by atoms with E-state index in [2.05, 4.69) is 10.2 Å². The van der Waals surface area contributed by atoms with Crippen LogP contribution in [0.1, 0.15) is 46.8 Å². The smallest absolute Gasteiger partial charge is 0.344 e. The first-order valence-corrected chi connectivity index (χ1v) is 10.2. The van der Waals surface area contributed by atoms with Crippen molar-refractivity contribution in [3.8, 4) is 0 Å². The molecule has 154 valence electrons. The average Bonchev–Trinajstić information content (AvgIpc) is 2.72. The summed E-state index contributed by atoms with van der Waals surface area (Å²) in [5, 5.41) is 2.43. The monoisotopic (exact) mass is 422 g/mol. The van der Waals surface area contributed by atoms with Crippen LogP contribution < -0.4 is 5.32 Å². The Bertz CT molecular complexity index is 879. The fourth-order valence-electron chi connectivity index (χ4n) is 4.57.